The molecule has 1 aliphatic carbocycles. The van der Waals surface area contributed by atoms with Crippen molar-refractivity contribution < 1.29 is 0 Å². The summed E-state index contributed by atoms with van der Waals surface area (Å²) in [7, 11) is 6.29. The predicted octanol–water partition coefficient (Wildman–Crippen LogP) is 4.26. The van der Waals surface area contributed by atoms with Gasteiger partial charge in [0.15, 0.2) is 0 Å². The molecular weight excluding hydrogens is 360 g/mol. The lowest BCUT2D eigenvalue weighted by molar-refractivity contribution is 0.186. The van der Waals surface area contributed by atoms with Gasteiger partial charge in [-0.3, -0.25) is 4.68 Å². The first-order chi connectivity index (χ1) is 13.9. The van der Waals surface area contributed by atoms with E-state index in [0.717, 1.165) is 23.1 Å². The van der Waals surface area contributed by atoms with Gasteiger partial charge in [-0.15, -0.1) is 5.10 Å². The summed E-state index contributed by atoms with van der Waals surface area (Å²) < 4.78 is 1.74. The van der Waals surface area contributed by atoms with Gasteiger partial charge in [0.2, 0.25) is 0 Å². The molecule has 0 saturated heterocycles. The number of fused-ring (bicyclic) bond motifs is 1. The van der Waals surface area contributed by atoms with Gasteiger partial charge in [-0.05, 0) is 88.7 Å². The first-order valence-corrected chi connectivity index (χ1v) is 10.6. The molecule has 4 rings (SSSR count). The van der Waals surface area contributed by atoms with Crippen molar-refractivity contribution in [3.8, 4) is 11.3 Å². The Bertz CT molecular complexity index is 984. The topological polar surface area (TPSA) is 58.9 Å². The summed E-state index contributed by atoms with van der Waals surface area (Å²) in [6, 6.07) is 7.68. The average Bonchev–Trinajstić information content (AvgIpc) is 3.14. The second kappa shape index (κ2) is 8.11. The number of pyridine rings is 1. The Kier molecular flexibility index (Phi) is 5.54. The highest BCUT2D eigenvalue weighted by molar-refractivity contribution is 5.90. The molecule has 0 amide bonds. The number of anilines is 1. The zero-order valence-electron chi connectivity index (χ0n) is 18.2. The highest BCUT2D eigenvalue weighted by Crippen LogP contribution is 2.31. The minimum absolute atomic E-state index is 0.423. The minimum Gasteiger partial charge on any atom is -0.367 e. The molecule has 1 aromatic carbocycles. The number of hydrogen-bond donors (Lipinski definition) is 1. The van der Waals surface area contributed by atoms with Crippen LogP contribution in [0.3, 0.4) is 0 Å². The quantitative estimate of drug-likeness (QED) is 0.703. The monoisotopic (exact) mass is 392 g/mol. The fourth-order valence-electron chi connectivity index (χ4n) is 4.62. The van der Waals surface area contributed by atoms with Crippen molar-refractivity contribution >= 4 is 16.6 Å². The molecule has 1 fully saturated rings. The average molecular weight is 393 g/mol. The maximum absolute atomic E-state index is 4.70. The van der Waals surface area contributed by atoms with Gasteiger partial charge in [0.1, 0.15) is 11.5 Å². The molecule has 1 aliphatic rings. The van der Waals surface area contributed by atoms with Crippen LogP contribution in [0.1, 0.15) is 38.2 Å². The Morgan fingerprint density at radius 1 is 1.14 bits per heavy atom. The van der Waals surface area contributed by atoms with Crippen LogP contribution >= 0.6 is 0 Å². The van der Waals surface area contributed by atoms with E-state index >= 15 is 0 Å². The summed E-state index contributed by atoms with van der Waals surface area (Å²) in [4.78, 5) is 7.07. The Hall–Kier alpha value is -2.47. The van der Waals surface area contributed by atoms with Gasteiger partial charge in [-0.1, -0.05) is 5.21 Å². The molecule has 0 bridgehead atoms. The molecule has 0 aliphatic heterocycles. The van der Waals surface area contributed by atoms with Gasteiger partial charge in [-0.2, -0.15) is 0 Å². The van der Waals surface area contributed by atoms with Crippen molar-refractivity contribution in [3.05, 3.63) is 36.2 Å². The predicted molar refractivity (Wildman–Crippen MR) is 119 cm³/mol. The van der Waals surface area contributed by atoms with Crippen LogP contribution < -0.4 is 5.32 Å². The third kappa shape index (κ3) is 4.27. The molecule has 0 spiro atoms. The van der Waals surface area contributed by atoms with Gasteiger partial charge in [0.05, 0.1) is 6.20 Å². The molecule has 29 heavy (non-hydrogen) atoms. The van der Waals surface area contributed by atoms with Crippen LogP contribution in [-0.2, 0) is 7.05 Å². The molecule has 6 nitrogen and oxygen atoms in total. The smallest absolute Gasteiger partial charge is 0.126 e. The Balaban J connectivity index is 1.52. The first-order valence-electron chi connectivity index (χ1n) is 10.6. The molecule has 1 unspecified atom stereocenters. The van der Waals surface area contributed by atoms with Gasteiger partial charge in [-0.25, -0.2) is 4.98 Å². The lowest BCUT2D eigenvalue weighted by atomic mass is 9.81. The highest BCUT2D eigenvalue weighted by atomic mass is 15.4. The molecule has 1 saturated carbocycles. The van der Waals surface area contributed by atoms with Crippen molar-refractivity contribution in [3.63, 3.8) is 0 Å². The largest absolute Gasteiger partial charge is 0.367 e. The molecule has 6 heteroatoms. The zero-order valence-corrected chi connectivity index (χ0v) is 18.2. The van der Waals surface area contributed by atoms with Gasteiger partial charge in [0, 0.05) is 36.3 Å². The normalized spacial score (nSPS) is 20.9. The number of aryl methyl sites for hydroxylation is 2. The summed E-state index contributed by atoms with van der Waals surface area (Å²) in [5.41, 5.74) is 3.20. The van der Waals surface area contributed by atoms with E-state index in [1.807, 2.05) is 19.4 Å². The summed E-state index contributed by atoms with van der Waals surface area (Å²) in [6.45, 7) is 4.43. The van der Waals surface area contributed by atoms with E-state index in [0.29, 0.717) is 12.0 Å². The third-order valence-electron chi connectivity index (χ3n) is 6.50. The fraction of sp³-hybridized carbons (Fsp3) is 0.522. The summed E-state index contributed by atoms with van der Waals surface area (Å²) >= 11 is 0. The third-order valence-corrected chi connectivity index (χ3v) is 6.50. The van der Waals surface area contributed by atoms with Crippen LogP contribution in [0.4, 0.5) is 5.82 Å². The first kappa shape index (κ1) is 19.8. The summed E-state index contributed by atoms with van der Waals surface area (Å²) in [5.74, 6) is 1.66. The lowest BCUT2D eigenvalue weighted by Crippen LogP contribution is -2.36. The van der Waals surface area contributed by atoms with Crippen molar-refractivity contribution in [1.29, 1.82) is 0 Å². The van der Waals surface area contributed by atoms with Crippen molar-refractivity contribution in [1.82, 2.24) is 24.9 Å². The van der Waals surface area contributed by atoms with E-state index in [-0.39, 0.29) is 0 Å². The molecule has 2 aromatic heterocycles. The lowest BCUT2D eigenvalue weighted by Gasteiger charge is -2.35. The van der Waals surface area contributed by atoms with Gasteiger partial charge >= 0.3 is 0 Å². The number of nitrogens with one attached hydrogen (secondary N) is 1. The highest BCUT2D eigenvalue weighted by Gasteiger charge is 2.26. The van der Waals surface area contributed by atoms with Crippen LogP contribution in [0.5, 0.6) is 0 Å². The number of benzene rings is 1. The zero-order chi connectivity index (χ0) is 20.5. The maximum atomic E-state index is 4.70. The molecule has 3 aromatic rings. The number of aromatic nitrogens is 4. The summed E-state index contributed by atoms with van der Waals surface area (Å²) in [6.07, 6.45) is 9.07. The second-order valence-electron chi connectivity index (χ2n) is 8.83. The van der Waals surface area contributed by atoms with Crippen molar-refractivity contribution in [2.45, 2.75) is 51.6 Å². The van der Waals surface area contributed by atoms with E-state index in [1.54, 1.807) is 4.68 Å². The van der Waals surface area contributed by atoms with Crippen molar-refractivity contribution in [2.24, 2.45) is 13.0 Å². The van der Waals surface area contributed by atoms with Crippen LogP contribution in [0, 0.1) is 12.8 Å². The maximum Gasteiger partial charge on any atom is 0.126 e. The van der Waals surface area contributed by atoms with Crippen LogP contribution in [0.2, 0.25) is 0 Å². The van der Waals surface area contributed by atoms with E-state index in [2.05, 4.69) is 66.7 Å². The van der Waals surface area contributed by atoms with E-state index in [4.69, 9.17) is 4.98 Å². The number of hydrogen-bond acceptors (Lipinski definition) is 5. The van der Waals surface area contributed by atoms with E-state index in [1.165, 1.54) is 42.0 Å². The van der Waals surface area contributed by atoms with Crippen LogP contribution in [0.25, 0.3) is 22.0 Å². The molecule has 0 radical (unpaired) electrons. The standard InChI is InChI=1S/C23H32N6/c1-15-10-19(22-14-29(5)27-26-22)11-18-12-23(24-13-21(15)18)25-16(2)17-6-8-20(9-7-17)28(3)4/h10-14,16-17,20H,6-9H2,1-5H3,(H,24,25)/t16?,17-,20-. The van der Waals surface area contributed by atoms with Crippen LogP contribution in [0.15, 0.2) is 30.6 Å². The van der Waals surface area contributed by atoms with Gasteiger partial charge in [0.25, 0.3) is 0 Å². The molecular formula is C23H32N6. The fourth-order valence-corrected chi connectivity index (χ4v) is 4.62. The second-order valence-corrected chi connectivity index (χ2v) is 8.83. The molecule has 154 valence electrons. The Morgan fingerprint density at radius 2 is 1.90 bits per heavy atom. The molecule has 2 heterocycles. The van der Waals surface area contributed by atoms with E-state index < -0.39 is 0 Å². The van der Waals surface area contributed by atoms with Crippen LogP contribution in [-0.4, -0.2) is 51.1 Å². The number of nitrogens with zero attached hydrogens (tertiary/aromatic N) is 5. The van der Waals surface area contributed by atoms with E-state index in [9.17, 15) is 0 Å². The number of rotatable bonds is 5. The molecule has 1 N–H and O–H groups in total. The SMILES string of the molecule is Cc1cc(-c2cn(C)nn2)cc2cc(NC(C)[C@H]3CC[C@H](N(C)C)CC3)ncc12. The molecule has 1 atom stereocenters. The minimum atomic E-state index is 0.423. The Morgan fingerprint density at radius 3 is 2.55 bits per heavy atom. The Labute approximate surface area is 173 Å². The van der Waals surface area contributed by atoms with Gasteiger partial charge < -0.3 is 10.2 Å². The van der Waals surface area contributed by atoms with Crippen molar-refractivity contribution in [2.75, 3.05) is 19.4 Å². The summed E-state index contributed by atoms with van der Waals surface area (Å²) in [5, 5.41) is 14.4.